The van der Waals surface area contributed by atoms with E-state index in [1.54, 1.807) is 31.2 Å². The average Bonchev–Trinajstić information content (AvgIpc) is 2.63. The maximum atomic E-state index is 12.3. The second kappa shape index (κ2) is 8.73. The minimum absolute atomic E-state index is 0.132. The molecule has 25 heavy (non-hydrogen) atoms. The molecule has 0 fully saturated rings. The van der Waals surface area contributed by atoms with E-state index in [9.17, 15) is 14.7 Å². The van der Waals surface area contributed by atoms with Crippen LogP contribution in [-0.2, 0) is 20.7 Å². The Hall–Kier alpha value is -3.02. The van der Waals surface area contributed by atoms with Gasteiger partial charge in [-0.25, -0.2) is 4.79 Å². The Kier molecular flexibility index (Phi) is 6.39. The third-order valence-corrected chi connectivity index (χ3v) is 3.60. The van der Waals surface area contributed by atoms with Crippen molar-refractivity contribution in [3.8, 4) is 11.5 Å². The lowest BCUT2D eigenvalue weighted by molar-refractivity contribution is -0.145. The minimum Gasteiger partial charge on any atom is -0.508 e. The van der Waals surface area contributed by atoms with Crippen molar-refractivity contribution in [2.75, 3.05) is 7.11 Å². The lowest BCUT2D eigenvalue weighted by atomic mass is 10.1. The summed E-state index contributed by atoms with van der Waals surface area (Å²) in [6.45, 7) is 1.61. The van der Waals surface area contributed by atoms with Gasteiger partial charge in [-0.2, -0.15) is 0 Å². The highest BCUT2D eigenvalue weighted by atomic mass is 16.5. The summed E-state index contributed by atoms with van der Waals surface area (Å²) in [5.41, 5.74) is 0.783. The van der Waals surface area contributed by atoms with E-state index in [0.29, 0.717) is 5.75 Å². The number of carbonyl (C=O) groups excluding carboxylic acids is 2. The molecule has 6 nitrogen and oxygen atoms in total. The molecular formula is C19H21NO5. The number of esters is 1. The van der Waals surface area contributed by atoms with Crippen LogP contribution in [-0.4, -0.2) is 36.2 Å². The number of benzene rings is 2. The molecule has 0 bridgehead atoms. The molecule has 2 rings (SSSR count). The Labute approximate surface area is 146 Å². The molecule has 2 aromatic rings. The van der Waals surface area contributed by atoms with Gasteiger partial charge in [0.15, 0.2) is 6.10 Å². The molecular weight excluding hydrogens is 322 g/mol. The third-order valence-electron chi connectivity index (χ3n) is 3.60. The van der Waals surface area contributed by atoms with Crippen LogP contribution < -0.4 is 10.1 Å². The fraction of sp³-hybridized carbons (Fsp3) is 0.263. The smallest absolute Gasteiger partial charge is 0.328 e. The molecule has 2 atom stereocenters. The van der Waals surface area contributed by atoms with Crippen LogP contribution in [0.5, 0.6) is 11.5 Å². The molecule has 0 saturated carbocycles. The maximum absolute atomic E-state index is 12.3. The van der Waals surface area contributed by atoms with Gasteiger partial charge in [-0.3, -0.25) is 4.79 Å². The normalized spacial score (nSPS) is 12.7. The maximum Gasteiger partial charge on any atom is 0.328 e. The van der Waals surface area contributed by atoms with Gasteiger partial charge in [-0.15, -0.1) is 0 Å². The number of hydrogen-bond acceptors (Lipinski definition) is 5. The van der Waals surface area contributed by atoms with E-state index in [4.69, 9.17) is 9.47 Å². The SMILES string of the molecule is COC(=O)[C@H](Cc1ccc(O)cc1)NC(=O)[C@H](C)Oc1ccccc1. The lowest BCUT2D eigenvalue weighted by Crippen LogP contribution is -2.47. The average molecular weight is 343 g/mol. The first kappa shape index (κ1) is 18.3. The van der Waals surface area contributed by atoms with Crippen molar-refractivity contribution in [2.24, 2.45) is 0 Å². The summed E-state index contributed by atoms with van der Waals surface area (Å²) in [6, 6.07) is 14.5. The second-order valence-corrected chi connectivity index (χ2v) is 5.53. The Morgan fingerprint density at radius 1 is 1.08 bits per heavy atom. The van der Waals surface area contributed by atoms with Gasteiger partial charge in [-0.1, -0.05) is 30.3 Å². The first-order chi connectivity index (χ1) is 12.0. The summed E-state index contributed by atoms with van der Waals surface area (Å²) in [7, 11) is 1.27. The predicted octanol–water partition coefficient (Wildman–Crippen LogP) is 2.06. The number of nitrogens with one attached hydrogen (secondary N) is 1. The first-order valence-electron chi connectivity index (χ1n) is 7.87. The minimum atomic E-state index is -0.844. The molecule has 0 aliphatic rings. The van der Waals surface area contributed by atoms with Crippen LogP contribution in [0.15, 0.2) is 54.6 Å². The molecule has 0 spiro atoms. The Bertz CT molecular complexity index is 700. The van der Waals surface area contributed by atoms with Gasteiger partial charge < -0.3 is 19.9 Å². The van der Waals surface area contributed by atoms with Crippen molar-refractivity contribution in [1.29, 1.82) is 0 Å². The van der Waals surface area contributed by atoms with E-state index in [1.165, 1.54) is 19.2 Å². The van der Waals surface area contributed by atoms with Crippen molar-refractivity contribution in [3.63, 3.8) is 0 Å². The topological polar surface area (TPSA) is 84.9 Å². The van der Waals surface area contributed by atoms with Crippen LogP contribution in [0, 0.1) is 0 Å². The third kappa shape index (κ3) is 5.53. The molecule has 0 aliphatic heterocycles. The first-order valence-corrected chi connectivity index (χ1v) is 7.87. The fourth-order valence-corrected chi connectivity index (χ4v) is 2.25. The van der Waals surface area contributed by atoms with Gasteiger partial charge in [0, 0.05) is 6.42 Å². The van der Waals surface area contributed by atoms with Gasteiger partial charge in [0.2, 0.25) is 0 Å². The molecule has 0 saturated heterocycles. The van der Waals surface area contributed by atoms with Crippen LogP contribution >= 0.6 is 0 Å². The highest BCUT2D eigenvalue weighted by Crippen LogP contribution is 2.13. The van der Waals surface area contributed by atoms with Gasteiger partial charge in [0.1, 0.15) is 17.5 Å². The zero-order valence-electron chi connectivity index (χ0n) is 14.1. The zero-order chi connectivity index (χ0) is 18.2. The van der Waals surface area contributed by atoms with Crippen LogP contribution in [0.1, 0.15) is 12.5 Å². The number of phenolic OH excluding ortho intramolecular Hbond substituents is 1. The van der Waals surface area contributed by atoms with E-state index in [0.717, 1.165) is 5.56 Å². The molecule has 2 aromatic carbocycles. The predicted molar refractivity (Wildman–Crippen MR) is 92.3 cm³/mol. The standard InChI is InChI=1S/C19H21NO5/c1-13(25-16-6-4-3-5-7-16)18(22)20-17(19(23)24-2)12-14-8-10-15(21)11-9-14/h3-11,13,17,21H,12H2,1-2H3,(H,20,22)/t13-,17-/m0/s1. The number of rotatable bonds is 7. The van der Waals surface area contributed by atoms with Crippen LogP contribution in [0.3, 0.4) is 0 Å². The molecule has 0 aliphatic carbocycles. The molecule has 132 valence electrons. The lowest BCUT2D eigenvalue weighted by Gasteiger charge is -2.20. The van der Waals surface area contributed by atoms with Crippen molar-refractivity contribution in [1.82, 2.24) is 5.32 Å². The van der Waals surface area contributed by atoms with E-state index in [-0.39, 0.29) is 12.2 Å². The fourth-order valence-electron chi connectivity index (χ4n) is 2.25. The van der Waals surface area contributed by atoms with E-state index >= 15 is 0 Å². The molecule has 2 N–H and O–H groups in total. The summed E-state index contributed by atoms with van der Waals surface area (Å²) in [5.74, 6) is -0.267. The summed E-state index contributed by atoms with van der Waals surface area (Å²) < 4.78 is 10.3. The molecule has 0 aromatic heterocycles. The Balaban J connectivity index is 2.01. The highest BCUT2D eigenvalue weighted by Gasteiger charge is 2.25. The summed E-state index contributed by atoms with van der Waals surface area (Å²) in [4.78, 5) is 24.3. The van der Waals surface area contributed by atoms with Crippen molar-refractivity contribution < 1.29 is 24.2 Å². The molecule has 6 heteroatoms. The molecule has 0 heterocycles. The molecule has 0 unspecified atom stereocenters. The Morgan fingerprint density at radius 3 is 2.32 bits per heavy atom. The van der Waals surface area contributed by atoms with Crippen LogP contribution in [0.2, 0.25) is 0 Å². The van der Waals surface area contributed by atoms with E-state index < -0.39 is 24.0 Å². The van der Waals surface area contributed by atoms with Crippen molar-refractivity contribution >= 4 is 11.9 Å². The zero-order valence-corrected chi connectivity index (χ0v) is 14.1. The number of para-hydroxylation sites is 1. The highest BCUT2D eigenvalue weighted by molar-refractivity contribution is 5.87. The van der Waals surface area contributed by atoms with E-state index in [2.05, 4.69) is 5.32 Å². The summed E-state index contributed by atoms with van der Waals surface area (Å²) in [6.07, 6.45) is -0.522. The number of aromatic hydroxyl groups is 1. The quantitative estimate of drug-likeness (QED) is 0.752. The number of amides is 1. The second-order valence-electron chi connectivity index (χ2n) is 5.53. The van der Waals surface area contributed by atoms with E-state index in [1.807, 2.05) is 18.2 Å². The van der Waals surface area contributed by atoms with Gasteiger partial charge in [-0.05, 0) is 36.8 Å². The number of hydrogen-bond donors (Lipinski definition) is 2. The van der Waals surface area contributed by atoms with Gasteiger partial charge in [0.25, 0.3) is 5.91 Å². The van der Waals surface area contributed by atoms with Crippen molar-refractivity contribution in [2.45, 2.75) is 25.5 Å². The number of phenols is 1. The molecule has 1 amide bonds. The largest absolute Gasteiger partial charge is 0.508 e. The summed E-state index contributed by atoms with van der Waals surface area (Å²) >= 11 is 0. The summed E-state index contributed by atoms with van der Waals surface area (Å²) in [5, 5.41) is 12.0. The molecule has 0 radical (unpaired) electrons. The van der Waals surface area contributed by atoms with Crippen LogP contribution in [0.25, 0.3) is 0 Å². The van der Waals surface area contributed by atoms with Gasteiger partial charge in [0.05, 0.1) is 7.11 Å². The number of carbonyl (C=O) groups is 2. The number of methoxy groups -OCH3 is 1. The monoisotopic (exact) mass is 343 g/mol. The van der Waals surface area contributed by atoms with Gasteiger partial charge >= 0.3 is 5.97 Å². The Morgan fingerprint density at radius 2 is 1.72 bits per heavy atom. The van der Waals surface area contributed by atoms with Crippen LogP contribution in [0.4, 0.5) is 0 Å². The van der Waals surface area contributed by atoms with Crippen molar-refractivity contribution in [3.05, 3.63) is 60.2 Å². The number of ether oxygens (including phenoxy) is 2.